The zero-order valence-electron chi connectivity index (χ0n) is 17.5. The molecule has 0 aliphatic heterocycles. The SMILES string of the molecule is Cc1nccn1-c1ccc(CNC(=O)C(NC(=O)c2ccccc2F)C(C)C)cc1F. The number of halogens is 2. The van der Waals surface area contributed by atoms with Crippen molar-refractivity contribution in [1.29, 1.82) is 0 Å². The molecule has 0 fully saturated rings. The number of hydrogen-bond donors (Lipinski definition) is 2. The van der Waals surface area contributed by atoms with Crippen molar-refractivity contribution in [3.05, 3.63) is 83.4 Å². The van der Waals surface area contributed by atoms with Gasteiger partial charge in [0.15, 0.2) is 0 Å². The van der Waals surface area contributed by atoms with Crippen molar-refractivity contribution in [3.8, 4) is 5.69 Å². The van der Waals surface area contributed by atoms with Gasteiger partial charge >= 0.3 is 0 Å². The minimum Gasteiger partial charge on any atom is -0.350 e. The number of rotatable bonds is 7. The van der Waals surface area contributed by atoms with Crippen LogP contribution in [-0.2, 0) is 11.3 Å². The third kappa shape index (κ3) is 5.14. The number of nitrogens with zero attached hydrogens (tertiary/aromatic N) is 2. The molecule has 2 N–H and O–H groups in total. The van der Waals surface area contributed by atoms with Crippen LogP contribution in [0.5, 0.6) is 0 Å². The lowest BCUT2D eigenvalue weighted by Crippen LogP contribution is -2.49. The van der Waals surface area contributed by atoms with E-state index in [-0.39, 0.29) is 18.0 Å². The minimum atomic E-state index is -0.871. The van der Waals surface area contributed by atoms with Crippen LogP contribution in [0.15, 0.2) is 54.9 Å². The summed E-state index contributed by atoms with van der Waals surface area (Å²) >= 11 is 0. The van der Waals surface area contributed by atoms with Crippen LogP contribution >= 0.6 is 0 Å². The first-order valence-electron chi connectivity index (χ1n) is 9.89. The van der Waals surface area contributed by atoms with Crippen molar-refractivity contribution in [3.63, 3.8) is 0 Å². The summed E-state index contributed by atoms with van der Waals surface area (Å²) < 4.78 is 30.0. The molecule has 6 nitrogen and oxygen atoms in total. The molecule has 1 atom stereocenters. The molecule has 3 aromatic rings. The molecule has 0 bridgehead atoms. The van der Waals surface area contributed by atoms with Crippen LogP contribution in [0.25, 0.3) is 5.69 Å². The number of benzene rings is 2. The topological polar surface area (TPSA) is 76.0 Å². The molecule has 162 valence electrons. The summed E-state index contributed by atoms with van der Waals surface area (Å²) in [6, 6.07) is 9.37. The molecular formula is C23H24F2N4O2. The van der Waals surface area contributed by atoms with E-state index in [0.29, 0.717) is 17.1 Å². The van der Waals surface area contributed by atoms with Gasteiger partial charge in [0.1, 0.15) is 23.5 Å². The molecular weight excluding hydrogens is 402 g/mol. The van der Waals surface area contributed by atoms with Crippen LogP contribution in [0.3, 0.4) is 0 Å². The van der Waals surface area contributed by atoms with E-state index >= 15 is 0 Å². The lowest BCUT2D eigenvalue weighted by Gasteiger charge is -2.22. The third-order valence-electron chi connectivity index (χ3n) is 4.92. The summed E-state index contributed by atoms with van der Waals surface area (Å²) in [6.07, 6.45) is 3.26. The van der Waals surface area contributed by atoms with Gasteiger partial charge in [-0.05, 0) is 42.7 Å². The Kier molecular flexibility index (Phi) is 6.79. The highest BCUT2D eigenvalue weighted by Gasteiger charge is 2.25. The van der Waals surface area contributed by atoms with Gasteiger partial charge in [-0.15, -0.1) is 0 Å². The number of nitrogens with one attached hydrogen (secondary N) is 2. The Bertz CT molecular complexity index is 1090. The molecule has 1 aromatic heterocycles. The summed E-state index contributed by atoms with van der Waals surface area (Å²) in [5.74, 6) is -1.79. The maximum Gasteiger partial charge on any atom is 0.254 e. The molecule has 31 heavy (non-hydrogen) atoms. The average Bonchev–Trinajstić information content (AvgIpc) is 3.15. The van der Waals surface area contributed by atoms with Gasteiger partial charge in [-0.2, -0.15) is 0 Å². The van der Waals surface area contributed by atoms with Crippen molar-refractivity contribution in [2.45, 2.75) is 33.4 Å². The first kappa shape index (κ1) is 22.1. The number of aromatic nitrogens is 2. The van der Waals surface area contributed by atoms with Crippen LogP contribution < -0.4 is 10.6 Å². The van der Waals surface area contributed by atoms with Gasteiger partial charge in [-0.3, -0.25) is 9.59 Å². The van der Waals surface area contributed by atoms with E-state index < -0.39 is 29.5 Å². The van der Waals surface area contributed by atoms with Crippen LogP contribution in [0.2, 0.25) is 0 Å². The lowest BCUT2D eigenvalue weighted by molar-refractivity contribution is -0.124. The molecule has 1 heterocycles. The fourth-order valence-electron chi connectivity index (χ4n) is 3.19. The van der Waals surface area contributed by atoms with Gasteiger partial charge in [0.2, 0.25) is 5.91 Å². The molecule has 2 amide bonds. The lowest BCUT2D eigenvalue weighted by atomic mass is 10.0. The van der Waals surface area contributed by atoms with Crippen molar-refractivity contribution in [2.75, 3.05) is 0 Å². The monoisotopic (exact) mass is 426 g/mol. The Balaban J connectivity index is 1.66. The number of carbonyl (C=O) groups excluding carboxylic acids is 2. The molecule has 2 aromatic carbocycles. The van der Waals surface area contributed by atoms with Gasteiger partial charge in [-0.1, -0.05) is 32.0 Å². The molecule has 0 spiro atoms. The van der Waals surface area contributed by atoms with E-state index in [4.69, 9.17) is 0 Å². The number of aryl methyl sites for hydroxylation is 1. The third-order valence-corrected chi connectivity index (χ3v) is 4.92. The standard InChI is InChI=1S/C23H24F2N4O2/c1-14(2)21(28-22(30)17-6-4-5-7-18(17)24)23(31)27-13-16-8-9-20(19(25)12-16)29-11-10-26-15(29)3/h4-12,14,21H,13H2,1-3H3,(H,27,31)(H,28,30). The van der Waals surface area contributed by atoms with Crippen molar-refractivity contribution in [2.24, 2.45) is 5.92 Å². The quantitative estimate of drug-likeness (QED) is 0.607. The maximum atomic E-state index is 14.5. The summed E-state index contributed by atoms with van der Waals surface area (Å²) in [5.41, 5.74) is 0.797. The molecule has 1 unspecified atom stereocenters. The highest BCUT2D eigenvalue weighted by Crippen LogP contribution is 2.17. The Morgan fingerprint density at radius 2 is 1.84 bits per heavy atom. The zero-order chi connectivity index (χ0) is 22.5. The highest BCUT2D eigenvalue weighted by atomic mass is 19.1. The summed E-state index contributed by atoms with van der Waals surface area (Å²) in [4.78, 5) is 29.1. The zero-order valence-corrected chi connectivity index (χ0v) is 17.5. The fraction of sp³-hybridized carbons (Fsp3) is 0.261. The average molecular weight is 426 g/mol. The molecule has 0 aliphatic rings. The highest BCUT2D eigenvalue weighted by molar-refractivity contribution is 5.97. The Morgan fingerprint density at radius 1 is 1.10 bits per heavy atom. The Hall–Kier alpha value is -3.55. The second-order valence-corrected chi connectivity index (χ2v) is 7.52. The van der Waals surface area contributed by atoms with Crippen molar-refractivity contribution >= 4 is 11.8 Å². The number of amides is 2. The predicted octanol–water partition coefficient (Wildman–Crippen LogP) is 3.53. The molecule has 0 saturated heterocycles. The first-order chi connectivity index (χ1) is 14.8. The second kappa shape index (κ2) is 9.51. The normalized spacial score (nSPS) is 11.9. The van der Waals surface area contributed by atoms with Crippen molar-refractivity contribution in [1.82, 2.24) is 20.2 Å². The van der Waals surface area contributed by atoms with E-state index in [1.807, 2.05) is 0 Å². The molecule has 3 rings (SSSR count). The number of hydrogen-bond acceptors (Lipinski definition) is 3. The van der Waals surface area contributed by atoms with Crippen molar-refractivity contribution < 1.29 is 18.4 Å². The number of imidazole rings is 1. The van der Waals surface area contributed by atoms with Crippen LogP contribution in [-0.4, -0.2) is 27.4 Å². The Morgan fingerprint density at radius 3 is 2.45 bits per heavy atom. The molecule has 0 radical (unpaired) electrons. The van der Waals surface area contributed by atoms with Crippen LogP contribution in [0, 0.1) is 24.5 Å². The number of carbonyl (C=O) groups is 2. The first-order valence-corrected chi connectivity index (χ1v) is 9.89. The minimum absolute atomic E-state index is 0.0811. The summed E-state index contributed by atoms with van der Waals surface area (Å²) in [7, 11) is 0. The predicted molar refractivity (Wildman–Crippen MR) is 113 cm³/mol. The van der Waals surface area contributed by atoms with Gasteiger partial charge in [0.25, 0.3) is 5.91 Å². The summed E-state index contributed by atoms with van der Waals surface area (Å²) in [5, 5.41) is 5.29. The molecule has 8 heteroatoms. The smallest absolute Gasteiger partial charge is 0.254 e. The molecule has 0 saturated carbocycles. The van der Waals surface area contributed by atoms with Gasteiger partial charge in [0.05, 0.1) is 11.3 Å². The van der Waals surface area contributed by atoms with E-state index in [9.17, 15) is 18.4 Å². The van der Waals surface area contributed by atoms with E-state index in [1.165, 1.54) is 24.3 Å². The van der Waals surface area contributed by atoms with Crippen LogP contribution in [0.1, 0.15) is 35.6 Å². The Labute approximate surface area is 179 Å². The maximum absolute atomic E-state index is 14.5. The van der Waals surface area contributed by atoms with E-state index in [1.54, 1.807) is 55.9 Å². The second-order valence-electron chi connectivity index (χ2n) is 7.52. The van der Waals surface area contributed by atoms with E-state index in [0.717, 1.165) is 0 Å². The largest absolute Gasteiger partial charge is 0.350 e. The summed E-state index contributed by atoms with van der Waals surface area (Å²) in [6.45, 7) is 5.40. The van der Waals surface area contributed by atoms with Crippen LogP contribution in [0.4, 0.5) is 8.78 Å². The van der Waals surface area contributed by atoms with Gasteiger partial charge in [-0.25, -0.2) is 13.8 Å². The van der Waals surface area contributed by atoms with E-state index in [2.05, 4.69) is 15.6 Å². The van der Waals surface area contributed by atoms with Gasteiger partial charge in [0, 0.05) is 18.9 Å². The fourth-order valence-corrected chi connectivity index (χ4v) is 3.19. The molecule has 0 aliphatic carbocycles. The van der Waals surface area contributed by atoms with Gasteiger partial charge < -0.3 is 15.2 Å².